The molecule has 0 saturated heterocycles. The van der Waals surface area contributed by atoms with E-state index < -0.39 is 0 Å². The summed E-state index contributed by atoms with van der Waals surface area (Å²) in [5.74, 6) is 7.41. The molecule has 0 unspecified atom stereocenters. The quantitative estimate of drug-likeness (QED) is 0.563. The Morgan fingerprint density at radius 2 is 2.13 bits per heavy atom. The fraction of sp³-hybridized carbons (Fsp3) is 0.364. The van der Waals surface area contributed by atoms with Crippen LogP contribution in [-0.4, -0.2) is 20.8 Å². The summed E-state index contributed by atoms with van der Waals surface area (Å²) in [6.45, 7) is 3.40. The molecule has 0 atom stereocenters. The minimum Gasteiger partial charge on any atom is -0.288 e. The molecule has 0 spiro atoms. The Bertz CT molecular complexity index is 389. The molecule has 0 amide bonds. The second-order valence-corrected chi connectivity index (χ2v) is 4.18. The van der Waals surface area contributed by atoms with Crippen LogP contribution in [0.4, 0.5) is 0 Å². The lowest BCUT2D eigenvalue weighted by atomic mass is 10.3. The van der Waals surface area contributed by atoms with Gasteiger partial charge >= 0.3 is 0 Å². The fourth-order valence-electron chi connectivity index (χ4n) is 0.867. The van der Waals surface area contributed by atoms with E-state index in [9.17, 15) is 4.79 Å². The van der Waals surface area contributed by atoms with E-state index in [1.807, 2.05) is 6.92 Å². The van der Waals surface area contributed by atoms with Crippen molar-refractivity contribution in [3.8, 4) is 11.8 Å². The number of hydrogen-bond donors (Lipinski definition) is 0. The Hall–Kier alpha value is -1.34. The number of hydrogen-bond acceptors (Lipinski definition) is 4. The molecule has 0 aliphatic heterocycles. The Kier molecular flexibility index (Phi) is 4.85. The third-order valence-corrected chi connectivity index (χ3v) is 2.36. The lowest BCUT2D eigenvalue weighted by Crippen LogP contribution is -1.87. The molecule has 78 valence electrons. The second-order valence-electron chi connectivity index (χ2n) is 2.91. The fourth-order valence-corrected chi connectivity index (χ4v) is 1.36. The van der Waals surface area contributed by atoms with Gasteiger partial charge in [-0.3, -0.25) is 4.79 Å². The van der Waals surface area contributed by atoms with Gasteiger partial charge in [-0.05, 0) is 6.92 Å². The molecule has 15 heavy (non-hydrogen) atoms. The zero-order valence-electron chi connectivity index (χ0n) is 8.78. The van der Waals surface area contributed by atoms with Gasteiger partial charge in [0.1, 0.15) is 5.82 Å². The molecule has 0 aliphatic rings. The Morgan fingerprint density at radius 3 is 2.73 bits per heavy atom. The largest absolute Gasteiger partial charge is 0.288 e. The lowest BCUT2D eigenvalue weighted by Gasteiger charge is -1.90. The average molecular weight is 220 g/mol. The summed E-state index contributed by atoms with van der Waals surface area (Å²) in [6.07, 6.45) is 4.11. The highest BCUT2D eigenvalue weighted by Crippen LogP contribution is 2.02. The molecule has 4 heteroatoms. The normalized spacial score (nSPS) is 9.20. The van der Waals surface area contributed by atoms with Crippen molar-refractivity contribution in [3.63, 3.8) is 0 Å². The molecule has 1 heterocycles. The molecule has 0 saturated carbocycles. The topological polar surface area (TPSA) is 42.9 Å². The van der Waals surface area contributed by atoms with Crippen molar-refractivity contribution < 1.29 is 4.79 Å². The van der Waals surface area contributed by atoms with Crippen LogP contribution in [0.15, 0.2) is 12.4 Å². The van der Waals surface area contributed by atoms with E-state index in [-0.39, 0.29) is 5.12 Å². The maximum Gasteiger partial charge on any atom is 0.185 e. The van der Waals surface area contributed by atoms with Crippen LogP contribution in [0.25, 0.3) is 0 Å². The van der Waals surface area contributed by atoms with Crippen molar-refractivity contribution >= 4 is 16.9 Å². The van der Waals surface area contributed by atoms with Gasteiger partial charge in [-0.25, -0.2) is 9.97 Å². The van der Waals surface area contributed by atoms with Gasteiger partial charge < -0.3 is 0 Å². The van der Waals surface area contributed by atoms with E-state index >= 15 is 0 Å². The molecule has 0 bridgehead atoms. The summed E-state index contributed by atoms with van der Waals surface area (Å²) in [6, 6.07) is 0. The van der Waals surface area contributed by atoms with Crippen molar-refractivity contribution in [2.45, 2.75) is 20.3 Å². The van der Waals surface area contributed by atoms with Crippen LogP contribution >= 0.6 is 11.8 Å². The van der Waals surface area contributed by atoms with Crippen molar-refractivity contribution in [2.75, 3.05) is 5.75 Å². The lowest BCUT2D eigenvalue weighted by molar-refractivity contribution is -0.109. The first-order valence-electron chi connectivity index (χ1n) is 4.59. The number of aryl methyl sites for hydroxylation is 1. The maximum atomic E-state index is 10.6. The Labute approximate surface area is 93.7 Å². The van der Waals surface area contributed by atoms with Gasteiger partial charge in [0.15, 0.2) is 5.12 Å². The number of aromatic nitrogens is 2. The van der Waals surface area contributed by atoms with E-state index in [0.717, 1.165) is 17.1 Å². The van der Waals surface area contributed by atoms with Gasteiger partial charge in [0.25, 0.3) is 0 Å². The predicted molar refractivity (Wildman–Crippen MR) is 61.4 cm³/mol. The van der Waals surface area contributed by atoms with Crippen molar-refractivity contribution in [1.29, 1.82) is 0 Å². The minimum absolute atomic E-state index is 0.135. The van der Waals surface area contributed by atoms with E-state index in [4.69, 9.17) is 0 Å². The van der Waals surface area contributed by atoms with E-state index in [0.29, 0.717) is 6.42 Å². The van der Waals surface area contributed by atoms with Gasteiger partial charge in [-0.15, -0.1) is 0 Å². The third-order valence-electron chi connectivity index (χ3n) is 1.55. The Morgan fingerprint density at radius 1 is 1.47 bits per heavy atom. The highest BCUT2D eigenvalue weighted by Gasteiger charge is 1.91. The molecule has 1 aromatic rings. The highest BCUT2D eigenvalue weighted by atomic mass is 32.2. The third kappa shape index (κ3) is 5.18. The zero-order valence-corrected chi connectivity index (χ0v) is 9.60. The zero-order chi connectivity index (χ0) is 11.1. The van der Waals surface area contributed by atoms with E-state index in [2.05, 4.69) is 21.8 Å². The first-order valence-corrected chi connectivity index (χ1v) is 5.58. The molecule has 0 radical (unpaired) electrons. The SMILES string of the molecule is CC(=O)SCCC#Cc1cnc(C)nc1. The number of carbonyl (C=O) groups excluding carboxylic acids is 1. The van der Waals surface area contributed by atoms with Gasteiger partial charge in [0.05, 0.1) is 5.56 Å². The van der Waals surface area contributed by atoms with Gasteiger partial charge in [0.2, 0.25) is 0 Å². The summed E-state index contributed by atoms with van der Waals surface area (Å²) in [4.78, 5) is 18.7. The number of nitrogens with zero attached hydrogens (tertiary/aromatic N) is 2. The summed E-state index contributed by atoms with van der Waals surface area (Å²) in [5, 5.41) is 0.135. The van der Waals surface area contributed by atoms with Crippen LogP contribution in [0.1, 0.15) is 24.7 Å². The highest BCUT2D eigenvalue weighted by molar-refractivity contribution is 8.13. The molecule has 1 rings (SSSR count). The summed E-state index contributed by atoms with van der Waals surface area (Å²) in [5.41, 5.74) is 0.813. The van der Waals surface area contributed by atoms with Crippen LogP contribution in [0.5, 0.6) is 0 Å². The maximum absolute atomic E-state index is 10.6. The molecule has 0 aromatic carbocycles. The summed E-state index contributed by atoms with van der Waals surface area (Å²) in [7, 11) is 0. The monoisotopic (exact) mass is 220 g/mol. The smallest absolute Gasteiger partial charge is 0.185 e. The molecule has 0 aliphatic carbocycles. The van der Waals surface area contributed by atoms with Crippen LogP contribution in [-0.2, 0) is 4.79 Å². The number of carbonyl (C=O) groups is 1. The number of thioether (sulfide) groups is 1. The first-order chi connectivity index (χ1) is 7.18. The van der Waals surface area contributed by atoms with Crippen molar-refractivity contribution in [2.24, 2.45) is 0 Å². The predicted octanol–water partition coefficient (Wildman–Crippen LogP) is 1.81. The van der Waals surface area contributed by atoms with Crippen LogP contribution in [0, 0.1) is 18.8 Å². The minimum atomic E-state index is 0.135. The molecule has 3 nitrogen and oxygen atoms in total. The van der Waals surface area contributed by atoms with Gasteiger partial charge in [0, 0.05) is 31.5 Å². The number of rotatable bonds is 2. The van der Waals surface area contributed by atoms with E-state index in [1.54, 1.807) is 19.3 Å². The standard InChI is InChI=1S/C11H12N2OS/c1-9-12-7-11(8-13-9)5-3-4-6-15-10(2)14/h7-8H,4,6H2,1-2H3. The first kappa shape index (κ1) is 11.7. The average Bonchev–Trinajstić information content (AvgIpc) is 2.20. The van der Waals surface area contributed by atoms with Crippen LogP contribution < -0.4 is 0 Å². The van der Waals surface area contributed by atoms with E-state index in [1.165, 1.54) is 11.8 Å². The summed E-state index contributed by atoms with van der Waals surface area (Å²) < 4.78 is 0. The van der Waals surface area contributed by atoms with Crippen molar-refractivity contribution in [1.82, 2.24) is 9.97 Å². The molecule has 0 N–H and O–H groups in total. The molecular weight excluding hydrogens is 208 g/mol. The molecular formula is C11H12N2OS. The molecule has 0 fully saturated rings. The van der Waals surface area contributed by atoms with Crippen LogP contribution in [0.2, 0.25) is 0 Å². The molecule has 1 aromatic heterocycles. The van der Waals surface area contributed by atoms with Gasteiger partial charge in [-0.2, -0.15) is 0 Å². The Balaban J connectivity index is 2.38. The summed E-state index contributed by atoms with van der Waals surface area (Å²) >= 11 is 1.30. The van der Waals surface area contributed by atoms with Crippen molar-refractivity contribution in [3.05, 3.63) is 23.8 Å². The van der Waals surface area contributed by atoms with Crippen LogP contribution in [0.3, 0.4) is 0 Å². The van der Waals surface area contributed by atoms with Gasteiger partial charge in [-0.1, -0.05) is 23.6 Å². The second kappa shape index (κ2) is 6.20.